The molecule has 0 saturated heterocycles. The highest BCUT2D eigenvalue weighted by Gasteiger charge is 2.40. The van der Waals surface area contributed by atoms with E-state index in [1.807, 2.05) is 0 Å². The summed E-state index contributed by atoms with van der Waals surface area (Å²) in [6.07, 6.45) is 4.58. The molecule has 4 nitrogen and oxygen atoms in total. The lowest BCUT2D eigenvalue weighted by molar-refractivity contribution is -0.331. The Morgan fingerprint density at radius 1 is 1.16 bits per heavy atom. The number of carbonyl (C=O) groups is 1. The van der Waals surface area contributed by atoms with Gasteiger partial charge in [0.25, 0.3) is 0 Å². The molecule has 5 heteroatoms. The zero-order valence-corrected chi connectivity index (χ0v) is 11.5. The largest absolute Gasteiger partial charge is 0.547 e. The standard InChI is InChI=1S/C14H18O3.ClH.H2O/c15-13(16)14(17,11-7-3-1-4-8-11)12-9-5-2-6-10-12;;/h1,3-4,7-8,12,17H,2,5-6,9-10H2,(H,15,16);1H;1H2/p-1. The molecule has 1 atom stereocenters. The molecule has 0 spiro atoms. The number of halogens is 1. The molecule has 1 aromatic carbocycles. The quantitative estimate of drug-likeness (QED) is 0.891. The van der Waals surface area contributed by atoms with Crippen LogP contribution in [0.3, 0.4) is 0 Å². The summed E-state index contributed by atoms with van der Waals surface area (Å²) in [5, 5.41) is 21.9. The fraction of sp³-hybridized carbons (Fsp3) is 0.500. The zero-order chi connectivity index (χ0) is 12.3. The molecule has 0 amide bonds. The molecule has 108 valence electrons. The van der Waals surface area contributed by atoms with E-state index in [-0.39, 0.29) is 23.8 Å². The molecule has 0 bridgehead atoms. The predicted octanol–water partition coefficient (Wildman–Crippen LogP) is 0.801. The summed E-state index contributed by atoms with van der Waals surface area (Å²) < 4.78 is 0. The maximum atomic E-state index is 11.4. The normalized spacial score (nSPS) is 18.6. The van der Waals surface area contributed by atoms with Gasteiger partial charge in [-0.05, 0) is 24.3 Å². The molecule has 19 heavy (non-hydrogen) atoms. The summed E-state index contributed by atoms with van der Waals surface area (Å²) in [5.74, 6) is -1.61. The van der Waals surface area contributed by atoms with Crippen molar-refractivity contribution in [1.29, 1.82) is 0 Å². The molecular formula is C14H20ClO4-. The van der Waals surface area contributed by atoms with Gasteiger partial charge in [0.15, 0.2) is 0 Å². The minimum Gasteiger partial charge on any atom is -0.547 e. The van der Waals surface area contributed by atoms with Gasteiger partial charge >= 0.3 is 0 Å². The first-order valence-electron chi connectivity index (χ1n) is 6.15. The Labute approximate surface area is 119 Å². The third kappa shape index (κ3) is 3.47. The Morgan fingerprint density at radius 2 is 1.68 bits per heavy atom. The van der Waals surface area contributed by atoms with Gasteiger partial charge in [0, 0.05) is 0 Å². The Kier molecular flexibility index (Phi) is 7.05. The third-order valence-electron chi connectivity index (χ3n) is 3.72. The van der Waals surface area contributed by atoms with Gasteiger partial charge in [0.1, 0.15) is 5.60 Å². The van der Waals surface area contributed by atoms with Crippen LogP contribution in [0.2, 0.25) is 0 Å². The Bertz CT molecular complexity index is 390. The van der Waals surface area contributed by atoms with Crippen molar-refractivity contribution in [3.05, 3.63) is 35.9 Å². The van der Waals surface area contributed by atoms with Crippen LogP contribution in [0, 0.1) is 5.92 Å². The highest BCUT2D eigenvalue weighted by molar-refractivity contribution is 5.85. The number of benzene rings is 1. The van der Waals surface area contributed by atoms with Crippen molar-refractivity contribution in [2.45, 2.75) is 37.7 Å². The summed E-state index contributed by atoms with van der Waals surface area (Å²) in [7, 11) is 0. The number of hydrogen-bond acceptors (Lipinski definition) is 3. The van der Waals surface area contributed by atoms with E-state index in [2.05, 4.69) is 0 Å². The first-order chi connectivity index (χ1) is 8.15. The second kappa shape index (κ2) is 7.48. The molecule has 1 saturated carbocycles. The van der Waals surface area contributed by atoms with Crippen molar-refractivity contribution >= 4 is 18.4 Å². The zero-order valence-electron chi connectivity index (χ0n) is 10.7. The van der Waals surface area contributed by atoms with Gasteiger partial charge in [-0.3, -0.25) is 0 Å². The van der Waals surface area contributed by atoms with Crippen LogP contribution in [-0.2, 0) is 10.4 Å². The number of hydrogen-bond donors (Lipinski definition) is 1. The topological polar surface area (TPSA) is 91.9 Å². The van der Waals surface area contributed by atoms with Crippen LogP contribution in [0.15, 0.2) is 30.3 Å². The molecular weight excluding hydrogens is 268 g/mol. The van der Waals surface area contributed by atoms with Crippen molar-refractivity contribution in [2.24, 2.45) is 5.92 Å². The first kappa shape index (κ1) is 17.9. The number of aliphatic carboxylic acids is 1. The van der Waals surface area contributed by atoms with Crippen LogP contribution in [0.5, 0.6) is 0 Å². The van der Waals surface area contributed by atoms with Gasteiger partial charge < -0.3 is 20.5 Å². The minimum atomic E-state index is -1.83. The highest BCUT2D eigenvalue weighted by atomic mass is 35.5. The molecule has 0 aliphatic heterocycles. The molecule has 3 N–H and O–H groups in total. The molecule has 2 rings (SSSR count). The van der Waals surface area contributed by atoms with Crippen LogP contribution < -0.4 is 5.11 Å². The van der Waals surface area contributed by atoms with Gasteiger partial charge in [0.2, 0.25) is 0 Å². The summed E-state index contributed by atoms with van der Waals surface area (Å²) in [6, 6.07) is 8.60. The third-order valence-corrected chi connectivity index (χ3v) is 3.72. The smallest absolute Gasteiger partial charge is 0.132 e. The second-order valence-corrected chi connectivity index (χ2v) is 4.75. The molecule has 0 aromatic heterocycles. The van der Waals surface area contributed by atoms with Crippen LogP contribution >= 0.6 is 12.4 Å². The van der Waals surface area contributed by atoms with Crippen LogP contribution in [0.25, 0.3) is 0 Å². The summed E-state index contributed by atoms with van der Waals surface area (Å²) in [4.78, 5) is 11.4. The summed E-state index contributed by atoms with van der Waals surface area (Å²) >= 11 is 0. The first-order valence-corrected chi connectivity index (χ1v) is 6.15. The maximum absolute atomic E-state index is 11.4. The fourth-order valence-electron chi connectivity index (χ4n) is 2.73. The van der Waals surface area contributed by atoms with Crippen LogP contribution in [-0.4, -0.2) is 16.6 Å². The van der Waals surface area contributed by atoms with Crippen molar-refractivity contribution in [1.82, 2.24) is 0 Å². The molecule has 1 aliphatic carbocycles. The molecule has 0 radical (unpaired) electrons. The predicted molar refractivity (Wildman–Crippen MR) is 72.8 cm³/mol. The second-order valence-electron chi connectivity index (χ2n) is 4.75. The van der Waals surface area contributed by atoms with Crippen molar-refractivity contribution < 1.29 is 20.5 Å². The van der Waals surface area contributed by atoms with E-state index < -0.39 is 11.6 Å². The lowest BCUT2D eigenvalue weighted by Gasteiger charge is -2.39. The summed E-state index contributed by atoms with van der Waals surface area (Å²) in [6.45, 7) is 0. The van der Waals surface area contributed by atoms with E-state index in [0.29, 0.717) is 5.56 Å². The SMILES string of the molecule is Cl.O.O=C([O-])C(O)(c1ccccc1)C1CCCCC1. The monoisotopic (exact) mass is 287 g/mol. The lowest BCUT2D eigenvalue weighted by Crippen LogP contribution is -2.51. The number of carboxylic acid groups (broad SMARTS) is 1. The number of carbonyl (C=O) groups excluding carboxylic acids is 1. The molecule has 1 aliphatic rings. The van der Waals surface area contributed by atoms with Crippen molar-refractivity contribution in [3.8, 4) is 0 Å². The molecule has 1 unspecified atom stereocenters. The number of carboxylic acids is 1. The fourth-order valence-corrected chi connectivity index (χ4v) is 2.73. The number of aliphatic hydroxyl groups is 1. The van der Waals surface area contributed by atoms with Crippen LogP contribution in [0.1, 0.15) is 37.7 Å². The van der Waals surface area contributed by atoms with E-state index in [1.165, 1.54) is 0 Å². The van der Waals surface area contributed by atoms with Gasteiger partial charge in [-0.15, -0.1) is 12.4 Å². The molecule has 1 fully saturated rings. The van der Waals surface area contributed by atoms with Gasteiger partial charge in [-0.1, -0.05) is 49.6 Å². The van der Waals surface area contributed by atoms with E-state index in [4.69, 9.17) is 0 Å². The average molecular weight is 288 g/mol. The number of rotatable bonds is 3. The average Bonchev–Trinajstić information content (AvgIpc) is 2.39. The highest BCUT2D eigenvalue weighted by Crippen LogP contribution is 2.38. The Balaban J connectivity index is 0.00000162. The van der Waals surface area contributed by atoms with Gasteiger partial charge in [-0.25, -0.2) is 0 Å². The lowest BCUT2D eigenvalue weighted by atomic mass is 9.73. The van der Waals surface area contributed by atoms with E-state index >= 15 is 0 Å². The molecule has 0 heterocycles. The summed E-state index contributed by atoms with van der Waals surface area (Å²) in [5.41, 5.74) is -1.39. The van der Waals surface area contributed by atoms with Gasteiger partial charge in [-0.2, -0.15) is 0 Å². The minimum absolute atomic E-state index is 0. The molecule has 1 aromatic rings. The van der Waals surface area contributed by atoms with Crippen molar-refractivity contribution in [3.63, 3.8) is 0 Å². The Hall–Kier alpha value is -1.10. The van der Waals surface area contributed by atoms with Crippen LogP contribution in [0.4, 0.5) is 0 Å². The van der Waals surface area contributed by atoms with E-state index in [9.17, 15) is 15.0 Å². The van der Waals surface area contributed by atoms with E-state index in [0.717, 1.165) is 32.1 Å². The van der Waals surface area contributed by atoms with Gasteiger partial charge in [0.05, 0.1) is 5.97 Å². The maximum Gasteiger partial charge on any atom is 0.132 e. The van der Waals surface area contributed by atoms with Crippen molar-refractivity contribution in [2.75, 3.05) is 0 Å². The van der Waals surface area contributed by atoms with E-state index in [1.54, 1.807) is 30.3 Å². The Morgan fingerprint density at radius 3 is 2.16 bits per heavy atom.